The third-order valence-corrected chi connectivity index (χ3v) is 3.07. The Balaban J connectivity index is 2.20. The molecule has 0 N–H and O–H groups in total. The maximum absolute atomic E-state index is 12.3. The third-order valence-electron chi connectivity index (χ3n) is 3.07. The molecule has 3 aromatic rings. The minimum Gasteiger partial charge on any atom is -0.274 e. The third kappa shape index (κ3) is 2.03. The van der Waals surface area contributed by atoms with Crippen molar-refractivity contribution in [2.75, 3.05) is 4.90 Å². The van der Waals surface area contributed by atoms with Crippen molar-refractivity contribution < 1.29 is 4.79 Å². The number of benzene rings is 1. The van der Waals surface area contributed by atoms with Crippen LogP contribution in [0.3, 0.4) is 0 Å². The second kappa shape index (κ2) is 5.13. The molecule has 1 amide bonds. The highest BCUT2D eigenvalue weighted by Gasteiger charge is 2.19. The van der Waals surface area contributed by atoms with E-state index in [0.717, 1.165) is 5.69 Å². The number of para-hydroxylation sites is 1. The molecule has 0 aliphatic heterocycles. The van der Waals surface area contributed by atoms with Gasteiger partial charge in [0.1, 0.15) is 5.82 Å². The first-order valence-corrected chi connectivity index (χ1v) is 6.48. The Bertz CT molecular complexity index is 736. The Labute approximate surface area is 116 Å². The van der Waals surface area contributed by atoms with Crippen LogP contribution in [0.5, 0.6) is 0 Å². The first kappa shape index (κ1) is 12.3. The molecule has 0 atom stereocenters. The van der Waals surface area contributed by atoms with E-state index in [1.807, 2.05) is 43.3 Å². The van der Waals surface area contributed by atoms with E-state index in [9.17, 15) is 4.79 Å². The number of hydrogen-bond acceptors (Lipinski definition) is 3. The molecule has 5 heteroatoms. The molecule has 0 radical (unpaired) electrons. The van der Waals surface area contributed by atoms with Crippen molar-refractivity contribution in [2.24, 2.45) is 0 Å². The number of fused-ring (bicyclic) bond motifs is 1. The van der Waals surface area contributed by atoms with E-state index in [1.54, 1.807) is 27.9 Å². The first-order chi connectivity index (χ1) is 9.81. The molecule has 0 saturated heterocycles. The summed E-state index contributed by atoms with van der Waals surface area (Å²) in [6, 6.07) is 13.2. The van der Waals surface area contributed by atoms with Crippen LogP contribution in [0, 0.1) is 0 Å². The van der Waals surface area contributed by atoms with E-state index in [4.69, 9.17) is 0 Å². The highest BCUT2D eigenvalue weighted by atomic mass is 16.2. The summed E-state index contributed by atoms with van der Waals surface area (Å²) in [5.41, 5.74) is 1.54. The van der Waals surface area contributed by atoms with Gasteiger partial charge in [0.2, 0.25) is 5.91 Å². The number of carbonyl (C=O) groups excluding carboxylic acids is 1. The van der Waals surface area contributed by atoms with E-state index in [2.05, 4.69) is 10.1 Å². The predicted octanol–water partition coefficient (Wildman–Crippen LogP) is 2.80. The second-order valence-corrected chi connectivity index (χ2v) is 4.32. The molecule has 0 saturated carbocycles. The highest BCUT2D eigenvalue weighted by molar-refractivity contribution is 5.99. The molecule has 2 aromatic heterocycles. The number of amides is 1. The smallest absolute Gasteiger partial charge is 0.232 e. The molecular weight excluding hydrogens is 252 g/mol. The van der Waals surface area contributed by atoms with Crippen molar-refractivity contribution in [3.05, 3.63) is 54.9 Å². The monoisotopic (exact) mass is 266 g/mol. The molecule has 0 aliphatic rings. The van der Waals surface area contributed by atoms with E-state index in [1.165, 1.54) is 0 Å². The molecule has 0 aliphatic carbocycles. The van der Waals surface area contributed by atoms with Gasteiger partial charge in [-0.05, 0) is 18.2 Å². The van der Waals surface area contributed by atoms with Gasteiger partial charge in [-0.25, -0.2) is 4.98 Å². The van der Waals surface area contributed by atoms with Crippen molar-refractivity contribution in [2.45, 2.75) is 13.3 Å². The van der Waals surface area contributed by atoms with Gasteiger partial charge in [0, 0.05) is 18.7 Å². The zero-order valence-electron chi connectivity index (χ0n) is 11.1. The second-order valence-electron chi connectivity index (χ2n) is 4.32. The minimum atomic E-state index is 0.0131. The minimum absolute atomic E-state index is 0.0131. The van der Waals surface area contributed by atoms with Gasteiger partial charge < -0.3 is 0 Å². The number of aromatic nitrogens is 3. The molecule has 5 nitrogen and oxygen atoms in total. The Hall–Kier alpha value is -2.69. The van der Waals surface area contributed by atoms with Crippen LogP contribution >= 0.6 is 0 Å². The fraction of sp³-hybridized carbons (Fsp3) is 0.133. The van der Waals surface area contributed by atoms with Gasteiger partial charge in [0.15, 0.2) is 5.65 Å². The van der Waals surface area contributed by atoms with Crippen molar-refractivity contribution in [3.63, 3.8) is 0 Å². The average molecular weight is 266 g/mol. The Morgan fingerprint density at radius 2 is 1.95 bits per heavy atom. The number of nitrogens with zero attached hydrogens (tertiary/aromatic N) is 4. The molecule has 3 rings (SSSR count). The van der Waals surface area contributed by atoms with Crippen LogP contribution in [0.15, 0.2) is 54.9 Å². The molecule has 20 heavy (non-hydrogen) atoms. The predicted molar refractivity (Wildman–Crippen MR) is 76.9 cm³/mol. The fourth-order valence-corrected chi connectivity index (χ4v) is 2.13. The Morgan fingerprint density at radius 1 is 1.15 bits per heavy atom. The quantitative estimate of drug-likeness (QED) is 0.732. The lowest BCUT2D eigenvalue weighted by molar-refractivity contribution is -0.117. The van der Waals surface area contributed by atoms with Crippen molar-refractivity contribution >= 4 is 23.1 Å². The summed E-state index contributed by atoms with van der Waals surface area (Å²) in [6.45, 7) is 1.85. The maximum atomic E-state index is 12.3. The highest BCUT2D eigenvalue weighted by Crippen LogP contribution is 2.25. The lowest BCUT2D eigenvalue weighted by atomic mass is 10.2. The molecule has 0 unspecified atom stereocenters. The zero-order chi connectivity index (χ0) is 13.9. The van der Waals surface area contributed by atoms with Crippen LogP contribution < -0.4 is 4.90 Å². The van der Waals surface area contributed by atoms with Crippen LogP contribution in [-0.2, 0) is 4.79 Å². The maximum Gasteiger partial charge on any atom is 0.232 e. The molecule has 0 spiro atoms. The lowest BCUT2D eigenvalue weighted by Gasteiger charge is -2.22. The van der Waals surface area contributed by atoms with E-state index >= 15 is 0 Å². The van der Waals surface area contributed by atoms with Gasteiger partial charge in [-0.1, -0.05) is 25.1 Å². The molecule has 0 bridgehead atoms. The summed E-state index contributed by atoms with van der Waals surface area (Å²) >= 11 is 0. The van der Waals surface area contributed by atoms with Gasteiger partial charge in [-0.15, -0.1) is 0 Å². The number of rotatable bonds is 3. The van der Waals surface area contributed by atoms with Crippen LogP contribution in [0.2, 0.25) is 0 Å². The van der Waals surface area contributed by atoms with Gasteiger partial charge >= 0.3 is 0 Å². The van der Waals surface area contributed by atoms with Crippen LogP contribution in [-0.4, -0.2) is 20.5 Å². The largest absolute Gasteiger partial charge is 0.274 e. The molecular formula is C15H14N4O. The SMILES string of the molecule is CCC(=O)N(c1ccccc1)c1ccnc2ccnn12. The van der Waals surface area contributed by atoms with E-state index in [0.29, 0.717) is 17.9 Å². The average Bonchev–Trinajstić information content (AvgIpc) is 2.98. The van der Waals surface area contributed by atoms with Crippen molar-refractivity contribution in [1.82, 2.24) is 14.6 Å². The van der Waals surface area contributed by atoms with Gasteiger partial charge in [-0.2, -0.15) is 9.61 Å². The molecule has 1 aromatic carbocycles. The Kier molecular flexibility index (Phi) is 3.16. The number of carbonyl (C=O) groups is 1. The summed E-state index contributed by atoms with van der Waals surface area (Å²) in [5, 5.41) is 4.24. The Morgan fingerprint density at radius 3 is 2.70 bits per heavy atom. The normalized spacial score (nSPS) is 10.7. The number of hydrogen-bond donors (Lipinski definition) is 0. The van der Waals surface area contributed by atoms with Crippen LogP contribution in [0.25, 0.3) is 5.65 Å². The van der Waals surface area contributed by atoms with E-state index in [-0.39, 0.29) is 5.91 Å². The lowest BCUT2D eigenvalue weighted by Crippen LogP contribution is -2.27. The topological polar surface area (TPSA) is 50.5 Å². The first-order valence-electron chi connectivity index (χ1n) is 6.48. The van der Waals surface area contributed by atoms with Crippen LogP contribution in [0.4, 0.5) is 11.5 Å². The molecule has 0 fully saturated rings. The van der Waals surface area contributed by atoms with Crippen molar-refractivity contribution in [1.29, 1.82) is 0 Å². The van der Waals surface area contributed by atoms with Crippen molar-refractivity contribution in [3.8, 4) is 0 Å². The van der Waals surface area contributed by atoms with Gasteiger partial charge in [0.25, 0.3) is 0 Å². The summed E-state index contributed by atoms with van der Waals surface area (Å²) in [5.74, 6) is 0.706. The summed E-state index contributed by atoms with van der Waals surface area (Å²) in [4.78, 5) is 18.2. The summed E-state index contributed by atoms with van der Waals surface area (Å²) < 4.78 is 1.67. The van der Waals surface area contributed by atoms with Gasteiger partial charge in [-0.3, -0.25) is 9.69 Å². The fourth-order valence-electron chi connectivity index (χ4n) is 2.13. The summed E-state index contributed by atoms with van der Waals surface area (Å²) in [7, 11) is 0. The zero-order valence-corrected chi connectivity index (χ0v) is 11.1. The molecule has 2 heterocycles. The van der Waals surface area contributed by atoms with Gasteiger partial charge in [0.05, 0.1) is 11.9 Å². The molecule has 100 valence electrons. The number of anilines is 2. The van der Waals surface area contributed by atoms with Crippen LogP contribution in [0.1, 0.15) is 13.3 Å². The van der Waals surface area contributed by atoms with E-state index < -0.39 is 0 Å². The summed E-state index contributed by atoms with van der Waals surface area (Å²) in [6.07, 6.45) is 3.77. The standard InChI is InChI=1S/C15H14N4O/c1-2-15(20)18(12-6-4-3-5-7-12)14-9-10-16-13-8-11-17-19(13)14/h3-11H,2H2,1H3.